The van der Waals surface area contributed by atoms with Gasteiger partial charge < -0.3 is 9.30 Å². The van der Waals surface area contributed by atoms with Crippen LogP contribution in [0.15, 0.2) is 12.5 Å². The lowest BCUT2D eigenvalue weighted by Crippen LogP contribution is -2.16. The lowest BCUT2D eigenvalue weighted by Gasteiger charge is -2.08. The first-order chi connectivity index (χ1) is 5.83. The van der Waals surface area contributed by atoms with Crippen molar-refractivity contribution in [1.82, 2.24) is 9.55 Å². The summed E-state index contributed by atoms with van der Waals surface area (Å²) in [6.45, 7) is 0. The molecule has 0 saturated carbocycles. The Kier molecular flexibility index (Phi) is 1.60. The third kappa shape index (κ3) is 0.913. The van der Waals surface area contributed by atoms with Crippen LogP contribution in [0.1, 0.15) is 18.2 Å². The number of methoxy groups -OCH3 is 1. The highest BCUT2D eigenvalue weighted by Gasteiger charge is 2.28. The van der Waals surface area contributed by atoms with E-state index in [1.807, 2.05) is 4.57 Å². The van der Waals surface area contributed by atoms with Crippen molar-refractivity contribution in [2.24, 2.45) is 0 Å². The Morgan fingerprint density at radius 1 is 1.83 bits per heavy atom. The first kappa shape index (κ1) is 7.34. The molecule has 0 spiro atoms. The van der Waals surface area contributed by atoms with Crippen molar-refractivity contribution in [2.75, 3.05) is 7.11 Å². The summed E-state index contributed by atoms with van der Waals surface area (Å²) in [5, 5.41) is 0. The summed E-state index contributed by atoms with van der Waals surface area (Å²) in [6.07, 6.45) is 5.23. The maximum Gasteiger partial charge on any atom is 0.328 e. The molecule has 1 aromatic heterocycles. The Bertz CT molecular complexity index is 306. The molecule has 2 heterocycles. The standard InChI is InChI=1S/C8H10N2O2/c1-12-8(11)7-3-2-6-4-9-5-10(6)7/h4-5,7H,2-3H2,1H3. The highest BCUT2D eigenvalue weighted by Crippen LogP contribution is 2.25. The minimum absolute atomic E-state index is 0.146. The molecule has 1 aliphatic heterocycles. The van der Waals surface area contributed by atoms with Crippen molar-refractivity contribution in [2.45, 2.75) is 18.9 Å². The van der Waals surface area contributed by atoms with E-state index in [0.717, 1.165) is 18.5 Å². The molecule has 4 heteroatoms. The molecular weight excluding hydrogens is 156 g/mol. The van der Waals surface area contributed by atoms with Gasteiger partial charge in [0, 0.05) is 11.9 Å². The molecule has 2 rings (SSSR count). The van der Waals surface area contributed by atoms with Crippen molar-refractivity contribution in [3.05, 3.63) is 18.2 Å². The molecule has 1 unspecified atom stereocenters. The Morgan fingerprint density at radius 2 is 2.67 bits per heavy atom. The van der Waals surface area contributed by atoms with Crippen LogP contribution in [0.2, 0.25) is 0 Å². The Labute approximate surface area is 70.2 Å². The molecule has 0 N–H and O–H groups in total. The van der Waals surface area contributed by atoms with E-state index in [-0.39, 0.29) is 12.0 Å². The van der Waals surface area contributed by atoms with Gasteiger partial charge in [-0.3, -0.25) is 0 Å². The Hall–Kier alpha value is -1.32. The van der Waals surface area contributed by atoms with E-state index in [0.29, 0.717) is 0 Å². The largest absolute Gasteiger partial charge is 0.467 e. The zero-order chi connectivity index (χ0) is 8.55. The Balaban J connectivity index is 2.28. The topological polar surface area (TPSA) is 44.1 Å². The highest BCUT2D eigenvalue weighted by atomic mass is 16.5. The third-order valence-electron chi connectivity index (χ3n) is 2.23. The van der Waals surface area contributed by atoms with Crippen LogP contribution in [0.5, 0.6) is 0 Å². The minimum atomic E-state index is -0.174. The van der Waals surface area contributed by atoms with Crippen molar-refractivity contribution in [1.29, 1.82) is 0 Å². The van der Waals surface area contributed by atoms with Crippen molar-refractivity contribution in [3.8, 4) is 0 Å². The van der Waals surface area contributed by atoms with E-state index in [9.17, 15) is 4.79 Å². The van der Waals surface area contributed by atoms with E-state index in [1.165, 1.54) is 7.11 Å². The predicted molar refractivity (Wildman–Crippen MR) is 41.6 cm³/mol. The molecule has 0 bridgehead atoms. The number of imidazole rings is 1. The van der Waals surface area contributed by atoms with Gasteiger partial charge in [-0.25, -0.2) is 9.78 Å². The fourth-order valence-corrected chi connectivity index (χ4v) is 1.60. The van der Waals surface area contributed by atoms with Crippen molar-refractivity contribution in [3.63, 3.8) is 0 Å². The fourth-order valence-electron chi connectivity index (χ4n) is 1.60. The van der Waals surface area contributed by atoms with Gasteiger partial charge in [0.2, 0.25) is 0 Å². The fraction of sp³-hybridized carbons (Fsp3) is 0.500. The summed E-state index contributed by atoms with van der Waals surface area (Å²) in [5.41, 5.74) is 1.12. The van der Waals surface area contributed by atoms with E-state index < -0.39 is 0 Å². The average Bonchev–Trinajstić information content (AvgIpc) is 2.62. The van der Waals surface area contributed by atoms with Crippen LogP contribution in [0, 0.1) is 0 Å². The van der Waals surface area contributed by atoms with Crippen LogP contribution in [-0.2, 0) is 16.0 Å². The summed E-state index contributed by atoms with van der Waals surface area (Å²) in [6, 6.07) is -0.146. The number of ether oxygens (including phenoxy) is 1. The van der Waals surface area contributed by atoms with Crippen LogP contribution < -0.4 is 0 Å². The van der Waals surface area contributed by atoms with Crippen molar-refractivity contribution >= 4 is 5.97 Å². The number of carbonyl (C=O) groups is 1. The van der Waals surface area contributed by atoms with Gasteiger partial charge in [0.1, 0.15) is 6.04 Å². The maximum atomic E-state index is 11.2. The van der Waals surface area contributed by atoms with Crippen LogP contribution in [-0.4, -0.2) is 22.6 Å². The van der Waals surface area contributed by atoms with Gasteiger partial charge in [0.25, 0.3) is 0 Å². The lowest BCUT2D eigenvalue weighted by atomic mass is 10.2. The van der Waals surface area contributed by atoms with Crippen LogP contribution >= 0.6 is 0 Å². The number of carbonyl (C=O) groups excluding carboxylic acids is 1. The monoisotopic (exact) mass is 166 g/mol. The quantitative estimate of drug-likeness (QED) is 0.572. The molecule has 12 heavy (non-hydrogen) atoms. The Morgan fingerprint density at radius 3 is 3.42 bits per heavy atom. The van der Waals surface area contributed by atoms with Crippen molar-refractivity contribution < 1.29 is 9.53 Å². The smallest absolute Gasteiger partial charge is 0.328 e. The van der Waals surface area contributed by atoms with Gasteiger partial charge in [0.15, 0.2) is 0 Å². The number of esters is 1. The van der Waals surface area contributed by atoms with Gasteiger partial charge in [0.05, 0.1) is 13.4 Å². The highest BCUT2D eigenvalue weighted by molar-refractivity contribution is 5.74. The molecule has 0 aliphatic carbocycles. The number of hydrogen-bond donors (Lipinski definition) is 0. The molecule has 4 nitrogen and oxygen atoms in total. The average molecular weight is 166 g/mol. The number of rotatable bonds is 1. The number of aromatic nitrogens is 2. The first-order valence-corrected chi connectivity index (χ1v) is 3.91. The van der Waals surface area contributed by atoms with Gasteiger partial charge in [-0.1, -0.05) is 0 Å². The molecule has 0 radical (unpaired) electrons. The SMILES string of the molecule is COC(=O)C1CCc2cncn21. The molecule has 0 aromatic carbocycles. The van der Waals surface area contributed by atoms with E-state index in [4.69, 9.17) is 0 Å². The molecule has 0 saturated heterocycles. The van der Waals surface area contributed by atoms with Crippen LogP contribution in [0.3, 0.4) is 0 Å². The van der Waals surface area contributed by atoms with Gasteiger partial charge in [-0.15, -0.1) is 0 Å². The third-order valence-corrected chi connectivity index (χ3v) is 2.23. The minimum Gasteiger partial charge on any atom is -0.467 e. The molecule has 1 atom stereocenters. The lowest BCUT2D eigenvalue weighted by molar-refractivity contribution is -0.144. The molecular formula is C8H10N2O2. The molecule has 0 amide bonds. The summed E-state index contributed by atoms with van der Waals surface area (Å²) in [5.74, 6) is -0.174. The van der Waals surface area contributed by atoms with Gasteiger partial charge >= 0.3 is 5.97 Å². The van der Waals surface area contributed by atoms with E-state index in [1.54, 1.807) is 12.5 Å². The summed E-state index contributed by atoms with van der Waals surface area (Å²) in [4.78, 5) is 15.2. The van der Waals surface area contributed by atoms with E-state index in [2.05, 4.69) is 9.72 Å². The zero-order valence-corrected chi connectivity index (χ0v) is 6.86. The molecule has 1 aromatic rings. The summed E-state index contributed by atoms with van der Waals surface area (Å²) in [7, 11) is 1.41. The number of aryl methyl sites for hydroxylation is 1. The number of fused-ring (bicyclic) bond motifs is 1. The second-order valence-corrected chi connectivity index (χ2v) is 2.87. The summed E-state index contributed by atoms with van der Waals surface area (Å²) < 4.78 is 6.55. The zero-order valence-electron chi connectivity index (χ0n) is 6.86. The van der Waals surface area contributed by atoms with E-state index >= 15 is 0 Å². The van der Waals surface area contributed by atoms with Crippen LogP contribution in [0.4, 0.5) is 0 Å². The molecule has 64 valence electrons. The first-order valence-electron chi connectivity index (χ1n) is 3.91. The second kappa shape index (κ2) is 2.62. The van der Waals surface area contributed by atoms with Gasteiger partial charge in [-0.2, -0.15) is 0 Å². The normalized spacial score (nSPS) is 20.6. The summed E-state index contributed by atoms with van der Waals surface area (Å²) >= 11 is 0. The number of hydrogen-bond acceptors (Lipinski definition) is 3. The van der Waals surface area contributed by atoms with Crippen LogP contribution in [0.25, 0.3) is 0 Å². The van der Waals surface area contributed by atoms with Gasteiger partial charge in [-0.05, 0) is 12.8 Å². The maximum absolute atomic E-state index is 11.2. The second-order valence-electron chi connectivity index (χ2n) is 2.87. The molecule has 0 fully saturated rings. The predicted octanol–water partition coefficient (Wildman–Crippen LogP) is 0.543. The molecule has 1 aliphatic rings. The number of nitrogens with zero attached hydrogens (tertiary/aromatic N) is 2.